The van der Waals surface area contributed by atoms with Crippen LogP contribution in [0.5, 0.6) is 0 Å². The van der Waals surface area contributed by atoms with Gasteiger partial charge in [-0.25, -0.2) is 0 Å². The molecule has 2 rings (SSSR count). The van der Waals surface area contributed by atoms with Crippen molar-refractivity contribution < 1.29 is 0 Å². The summed E-state index contributed by atoms with van der Waals surface area (Å²) in [5.74, 6) is 2.56. The molecule has 3 unspecified atom stereocenters. The average Bonchev–Trinajstić information content (AvgIpc) is 2.47. The largest absolute Gasteiger partial charge is 0.330 e. The van der Waals surface area contributed by atoms with Gasteiger partial charge in [0.1, 0.15) is 0 Å². The Morgan fingerprint density at radius 2 is 1.75 bits per heavy atom. The predicted molar refractivity (Wildman–Crippen MR) is 87.7 cm³/mol. The molecule has 118 valence electrons. The Bertz CT molecular complexity index is 292. The molecule has 0 spiro atoms. The molecule has 0 aromatic carbocycles. The average molecular weight is 280 g/mol. The van der Waals surface area contributed by atoms with Crippen LogP contribution >= 0.6 is 0 Å². The van der Waals surface area contributed by atoms with E-state index in [9.17, 15) is 0 Å². The van der Waals surface area contributed by atoms with Crippen LogP contribution in [0.2, 0.25) is 0 Å². The Balaban J connectivity index is 2.03. The van der Waals surface area contributed by atoms with E-state index in [-0.39, 0.29) is 0 Å². The number of rotatable bonds is 4. The molecular formula is C18H36N2. The molecular weight excluding hydrogens is 244 g/mol. The lowest BCUT2D eigenvalue weighted by Crippen LogP contribution is -2.51. The second kappa shape index (κ2) is 6.79. The monoisotopic (exact) mass is 280 g/mol. The van der Waals surface area contributed by atoms with E-state index in [4.69, 9.17) is 5.73 Å². The van der Waals surface area contributed by atoms with Crippen LogP contribution in [0, 0.1) is 23.2 Å². The Hall–Kier alpha value is -0.0800. The molecule has 1 saturated heterocycles. The first-order chi connectivity index (χ1) is 9.47. The predicted octanol–water partition coefficient (Wildman–Crippen LogP) is 3.90. The van der Waals surface area contributed by atoms with Crippen LogP contribution in [0.4, 0.5) is 0 Å². The van der Waals surface area contributed by atoms with Crippen LogP contribution in [0.3, 0.4) is 0 Å². The summed E-state index contributed by atoms with van der Waals surface area (Å²) in [5.41, 5.74) is 6.59. The van der Waals surface area contributed by atoms with Gasteiger partial charge in [-0.05, 0) is 74.9 Å². The highest BCUT2D eigenvalue weighted by molar-refractivity contribution is 4.93. The van der Waals surface area contributed by atoms with Gasteiger partial charge in [0.2, 0.25) is 0 Å². The van der Waals surface area contributed by atoms with Crippen molar-refractivity contribution in [2.45, 2.75) is 72.3 Å². The second-order valence-corrected chi connectivity index (χ2v) is 8.13. The third-order valence-electron chi connectivity index (χ3n) is 6.56. The van der Waals surface area contributed by atoms with E-state index in [1.807, 2.05) is 0 Å². The Labute approximate surface area is 126 Å². The number of nitrogens with two attached hydrogens (primary N) is 1. The Kier molecular flexibility index (Phi) is 5.53. The van der Waals surface area contributed by atoms with Crippen molar-refractivity contribution in [1.29, 1.82) is 0 Å². The van der Waals surface area contributed by atoms with Crippen LogP contribution in [-0.4, -0.2) is 30.6 Å². The number of piperidine rings is 1. The van der Waals surface area contributed by atoms with E-state index in [1.165, 1.54) is 51.6 Å². The van der Waals surface area contributed by atoms with Gasteiger partial charge in [0, 0.05) is 6.04 Å². The van der Waals surface area contributed by atoms with Gasteiger partial charge in [0.05, 0.1) is 0 Å². The highest BCUT2D eigenvalue weighted by atomic mass is 15.2. The molecule has 1 saturated carbocycles. The molecule has 20 heavy (non-hydrogen) atoms. The zero-order chi connectivity index (χ0) is 14.8. The van der Waals surface area contributed by atoms with Gasteiger partial charge in [-0.3, -0.25) is 0 Å². The maximum absolute atomic E-state index is 6.09. The minimum absolute atomic E-state index is 0.501. The summed E-state index contributed by atoms with van der Waals surface area (Å²) < 4.78 is 0. The molecule has 0 aromatic heterocycles. The first kappa shape index (κ1) is 16.3. The molecule has 3 atom stereocenters. The van der Waals surface area contributed by atoms with Gasteiger partial charge in [-0.2, -0.15) is 0 Å². The zero-order valence-corrected chi connectivity index (χ0v) is 14.2. The molecule has 2 aliphatic rings. The summed E-state index contributed by atoms with van der Waals surface area (Å²) in [5, 5.41) is 0. The number of likely N-dealkylation sites (tertiary alicyclic amines) is 1. The fraction of sp³-hybridized carbons (Fsp3) is 1.00. The van der Waals surface area contributed by atoms with Crippen molar-refractivity contribution >= 4 is 0 Å². The van der Waals surface area contributed by atoms with Gasteiger partial charge in [0.15, 0.2) is 0 Å². The standard InChI is InChI=1S/C18H36N2/c1-5-18(3,4)16-7-6-15(13-19)17(12-16)20-10-8-14(2)9-11-20/h14-17H,5-13,19H2,1-4H3. The Morgan fingerprint density at radius 3 is 2.30 bits per heavy atom. The highest BCUT2D eigenvalue weighted by Crippen LogP contribution is 2.43. The van der Waals surface area contributed by atoms with E-state index >= 15 is 0 Å². The first-order valence-corrected chi connectivity index (χ1v) is 8.92. The van der Waals surface area contributed by atoms with Crippen LogP contribution < -0.4 is 5.73 Å². The highest BCUT2D eigenvalue weighted by Gasteiger charge is 2.39. The molecule has 1 aliphatic carbocycles. The third kappa shape index (κ3) is 3.57. The molecule has 2 nitrogen and oxygen atoms in total. The fourth-order valence-corrected chi connectivity index (χ4v) is 4.29. The molecule has 0 amide bonds. The van der Waals surface area contributed by atoms with E-state index in [0.717, 1.165) is 30.3 Å². The topological polar surface area (TPSA) is 29.3 Å². The number of hydrogen-bond donors (Lipinski definition) is 1. The van der Waals surface area contributed by atoms with E-state index in [2.05, 4.69) is 32.6 Å². The lowest BCUT2D eigenvalue weighted by atomic mass is 9.65. The van der Waals surface area contributed by atoms with Crippen molar-refractivity contribution in [3.63, 3.8) is 0 Å². The summed E-state index contributed by atoms with van der Waals surface area (Å²) in [6.07, 6.45) is 8.20. The van der Waals surface area contributed by atoms with Crippen molar-refractivity contribution in [1.82, 2.24) is 4.90 Å². The van der Waals surface area contributed by atoms with Crippen LogP contribution in [0.25, 0.3) is 0 Å². The summed E-state index contributed by atoms with van der Waals surface area (Å²) in [4.78, 5) is 2.79. The minimum Gasteiger partial charge on any atom is -0.330 e. The van der Waals surface area contributed by atoms with Crippen molar-refractivity contribution in [2.75, 3.05) is 19.6 Å². The van der Waals surface area contributed by atoms with E-state index in [1.54, 1.807) is 0 Å². The molecule has 2 fully saturated rings. The molecule has 1 aliphatic heterocycles. The summed E-state index contributed by atoms with van der Waals surface area (Å²) in [7, 11) is 0. The van der Waals surface area contributed by atoms with Crippen molar-refractivity contribution in [3.05, 3.63) is 0 Å². The summed E-state index contributed by atoms with van der Waals surface area (Å²) >= 11 is 0. The zero-order valence-electron chi connectivity index (χ0n) is 14.2. The lowest BCUT2D eigenvalue weighted by Gasteiger charge is -2.48. The van der Waals surface area contributed by atoms with Crippen molar-refractivity contribution in [2.24, 2.45) is 28.9 Å². The van der Waals surface area contributed by atoms with E-state index in [0.29, 0.717) is 5.41 Å². The molecule has 0 bridgehead atoms. The molecule has 2 heteroatoms. The fourth-order valence-electron chi connectivity index (χ4n) is 4.29. The number of nitrogens with zero attached hydrogens (tertiary/aromatic N) is 1. The normalized spacial score (nSPS) is 34.4. The molecule has 1 heterocycles. The number of hydrogen-bond acceptors (Lipinski definition) is 2. The minimum atomic E-state index is 0.501. The van der Waals surface area contributed by atoms with Gasteiger partial charge in [-0.1, -0.05) is 34.1 Å². The molecule has 2 N–H and O–H groups in total. The van der Waals surface area contributed by atoms with Gasteiger partial charge < -0.3 is 10.6 Å². The maximum Gasteiger partial charge on any atom is 0.0138 e. The summed E-state index contributed by atoms with van der Waals surface area (Å²) in [6.45, 7) is 13.2. The van der Waals surface area contributed by atoms with Crippen LogP contribution in [-0.2, 0) is 0 Å². The SMILES string of the molecule is CCC(C)(C)C1CCC(CN)C(N2CCC(C)CC2)C1. The van der Waals surface area contributed by atoms with Gasteiger partial charge in [0.25, 0.3) is 0 Å². The summed E-state index contributed by atoms with van der Waals surface area (Å²) in [6, 6.07) is 0.761. The Morgan fingerprint density at radius 1 is 1.10 bits per heavy atom. The first-order valence-electron chi connectivity index (χ1n) is 8.92. The smallest absolute Gasteiger partial charge is 0.0138 e. The van der Waals surface area contributed by atoms with Gasteiger partial charge in [-0.15, -0.1) is 0 Å². The lowest BCUT2D eigenvalue weighted by molar-refractivity contribution is 0.0217. The van der Waals surface area contributed by atoms with Crippen LogP contribution in [0.1, 0.15) is 66.2 Å². The third-order valence-corrected chi connectivity index (χ3v) is 6.56. The maximum atomic E-state index is 6.09. The quantitative estimate of drug-likeness (QED) is 0.846. The van der Waals surface area contributed by atoms with Crippen molar-refractivity contribution in [3.8, 4) is 0 Å². The molecule has 0 aromatic rings. The molecule has 0 radical (unpaired) electrons. The van der Waals surface area contributed by atoms with E-state index < -0.39 is 0 Å². The van der Waals surface area contributed by atoms with Crippen LogP contribution in [0.15, 0.2) is 0 Å². The van der Waals surface area contributed by atoms with Gasteiger partial charge >= 0.3 is 0 Å². The second-order valence-electron chi connectivity index (χ2n) is 8.13.